The van der Waals surface area contributed by atoms with Gasteiger partial charge in [-0.05, 0) is 38.5 Å². The lowest BCUT2D eigenvalue weighted by Crippen LogP contribution is -2.25. The van der Waals surface area contributed by atoms with Crippen LogP contribution in [0.2, 0.25) is 0 Å². The third-order valence-electron chi connectivity index (χ3n) is 2.96. The molecule has 0 atom stereocenters. The van der Waals surface area contributed by atoms with Gasteiger partial charge in [0.2, 0.25) is 0 Å². The minimum Gasteiger partial charge on any atom is -0.429 e. The van der Waals surface area contributed by atoms with Crippen LogP contribution in [0, 0.1) is 12.8 Å². The monoisotopic (exact) mass is 194 g/mol. The molecular formula is C11H18N2O. The van der Waals surface area contributed by atoms with Gasteiger partial charge in [0.15, 0.2) is 0 Å². The fourth-order valence-electron chi connectivity index (χ4n) is 2.00. The van der Waals surface area contributed by atoms with E-state index in [1.807, 2.05) is 6.92 Å². The van der Waals surface area contributed by atoms with Crippen LogP contribution in [0.4, 0.5) is 6.01 Å². The van der Waals surface area contributed by atoms with E-state index < -0.39 is 0 Å². The molecule has 3 nitrogen and oxygen atoms in total. The van der Waals surface area contributed by atoms with Crippen molar-refractivity contribution in [1.82, 2.24) is 4.98 Å². The lowest BCUT2D eigenvalue weighted by atomic mass is 9.87. The van der Waals surface area contributed by atoms with E-state index in [2.05, 4.69) is 17.2 Å². The second-order valence-corrected chi connectivity index (χ2v) is 4.38. The van der Waals surface area contributed by atoms with Crippen molar-refractivity contribution >= 4 is 6.01 Å². The van der Waals surface area contributed by atoms with E-state index in [9.17, 15) is 0 Å². The minimum absolute atomic E-state index is 0.559. The summed E-state index contributed by atoms with van der Waals surface area (Å²) in [6.07, 6.45) is 6.87. The van der Waals surface area contributed by atoms with E-state index in [0.29, 0.717) is 12.1 Å². The highest BCUT2D eigenvalue weighted by atomic mass is 16.4. The van der Waals surface area contributed by atoms with Gasteiger partial charge in [-0.1, -0.05) is 6.92 Å². The molecule has 1 aromatic rings. The van der Waals surface area contributed by atoms with E-state index in [-0.39, 0.29) is 0 Å². The van der Waals surface area contributed by atoms with Crippen LogP contribution in [0.5, 0.6) is 0 Å². The molecule has 1 aliphatic carbocycles. The Bertz CT molecular complexity index is 287. The van der Waals surface area contributed by atoms with Crippen LogP contribution in [0.3, 0.4) is 0 Å². The number of aryl methyl sites for hydroxylation is 1. The molecule has 0 unspecified atom stereocenters. The van der Waals surface area contributed by atoms with Crippen molar-refractivity contribution in [1.29, 1.82) is 0 Å². The Kier molecular flexibility index (Phi) is 2.75. The van der Waals surface area contributed by atoms with Gasteiger partial charge in [-0.15, -0.1) is 0 Å². The highest BCUT2D eigenvalue weighted by Crippen LogP contribution is 2.25. The summed E-state index contributed by atoms with van der Waals surface area (Å²) in [5, 5.41) is 3.34. The van der Waals surface area contributed by atoms with Gasteiger partial charge >= 0.3 is 0 Å². The number of aromatic nitrogens is 1. The Morgan fingerprint density at radius 3 is 2.64 bits per heavy atom. The molecule has 2 rings (SSSR count). The smallest absolute Gasteiger partial charge is 0.294 e. The van der Waals surface area contributed by atoms with Crippen LogP contribution < -0.4 is 5.32 Å². The van der Waals surface area contributed by atoms with Gasteiger partial charge in [0.05, 0.1) is 6.20 Å². The van der Waals surface area contributed by atoms with E-state index in [1.165, 1.54) is 25.7 Å². The molecule has 0 saturated heterocycles. The van der Waals surface area contributed by atoms with Gasteiger partial charge < -0.3 is 9.73 Å². The molecule has 0 aromatic carbocycles. The average Bonchev–Trinajstić information content (AvgIpc) is 2.56. The van der Waals surface area contributed by atoms with E-state index in [4.69, 9.17) is 4.42 Å². The van der Waals surface area contributed by atoms with Crippen molar-refractivity contribution in [3.63, 3.8) is 0 Å². The summed E-state index contributed by atoms with van der Waals surface area (Å²) in [7, 11) is 0. The molecular weight excluding hydrogens is 176 g/mol. The summed E-state index contributed by atoms with van der Waals surface area (Å²) in [6.45, 7) is 4.24. The second-order valence-electron chi connectivity index (χ2n) is 4.38. The third kappa shape index (κ3) is 2.28. The first-order valence-electron chi connectivity index (χ1n) is 5.43. The largest absolute Gasteiger partial charge is 0.429 e. The number of hydrogen-bond donors (Lipinski definition) is 1. The summed E-state index contributed by atoms with van der Waals surface area (Å²) < 4.78 is 5.39. The van der Waals surface area contributed by atoms with Crippen LogP contribution in [0.1, 0.15) is 38.4 Å². The fourth-order valence-corrected chi connectivity index (χ4v) is 2.00. The van der Waals surface area contributed by atoms with Crippen molar-refractivity contribution in [3.8, 4) is 0 Å². The van der Waals surface area contributed by atoms with Gasteiger partial charge in [0.1, 0.15) is 5.76 Å². The summed E-state index contributed by atoms with van der Waals surface area (Å²) in [4.78, 5) is 4.15. The Balaban J connectivity index is 1.86. The lowest BCUT2D eigenvalue weighted by molar-refractivity contribution is 0.356. The van der Waals surface area contributed by atoms with Gasteiger partial charge in [-0.25, -0.2) is 4.98 Å². The molecule has 0 spiro atoms. The van der Waals surface area contributed by atoms with Crippen LogP contribution in [0.25, 0.3) is 0 Å². The molecule has 0 aliphatic heterocycles. The molecule has 1 aliphatic rings. The fraction of sp³-hybridized carbons (Fsp3) is 0.727. The molecule has 0 amide bonds. The quantitative estimate of drug-likeness (QED) is 0.786. The first-order chi connectivity index (χ1) is 6.74. The molecule has 0 bridgehead atoms. The normalized spacial score (nSPS) is 27.6. The molecule has 1 saturated carbocycles. The van der Waals surface area contributed by atoms with Crippen molar-refractivity contribution in [3.05, 3.63) is 12.0 Å². The minimum atomic E-state index is 0.559. The number of oxazole rings is 1. The SMILES string of the molecule is Cc1cnc(NC2CCC(C)CC2)o1. The van der Waals surface area contributed by atoms with Gasteiger partial charge in [-0.2, -0.15) is 0 Å². The second kappa shape index (κ2) is 4.03. The molecule has 1 fully saturated rings. The van der Waals surface area contributed by atoms with Crippen LogP contribution in [-0.2, 0) is 0 Å². The maximum atomic E-state index is 5.39. The molecule has 3 heteroatoms. The average molecular weight is 194 g/mol. The molecule has 78 valence electrons. The van der Waals surface area contributed by atoms with Gasteiger partial charge in [0.25, 0.3) is 6.01 Å². The number of nitrogens with zero attached hydrogens (tertiary/aromatic N) is 1. The number of rotatable bonds is 2. The lowest BCUT2D eigenvalue weighted by Gasteiger charge is -2.26. The summed E-state index contributed by atoms with van der Waals surface area (Å²) in [5.74, 6) is 1.76. The molecule has 14 heavy (non-hydrogen) atoms. The predicted octanol–water partition coefficient (Wildman–Crippen LogP) is 2.97. The topological polar surface area (TPSA) is 38.1 Å². The summed E-state index contributed by atoms with van der Waals surface area (Å²) >= 11 is 0. The zero-order chi connectivity index (χ0) is 9.97. The molecule has 1 heterocycles. The van der Waals surface area contributed by atoms with E-state index >= 15 is 0 Å². The zero-order valence-electron chi connectivity index (χ0n) is 8.92. The Labute approximate surface area is 84.9 Å². The van der Waals surface area contributed by atoms with Crippen molar-refractivity contribution < 1.29 is 4.42 Å². The number of anilines is 1. The Hall–Kier alpha value is -0.990. The van der Waals surface area contributed by atoms with E-state index in [1.54, 1.807) is 6.20 Å². The van der Waals surface area contributed by atoms with Crippen LogP contribution >= 0.6 is 0 Å². The van der Waals surface area contributed by atoms with E-state index in [0.717, 1.165) is 11.7 Å². The van der Waals surface area contributed by atoms with Crippen LogP contribution in [0.15, 0.2) is 10.6 Å². The maximum Gasteiger partial charge on any atom is 0.294 e. The maximum absolute atomic E-state index is 5.39. The molecule has 1 N–H and O–H groups in total. The van der Waals surface area contributed by atoms with Gasteiger partial charge in [-0.3, -0.25) is 0 Å². The molecule has 1 aromatic heterocycles. The van der Waals surface area contributed by atoms with Crippen molar-refractivity contribution in [2.75, 3.05) is 5.32 Å². The van der Waals surface area contributed by atoms with Crippen molar-refractivity contribution in [2.45, 2.75) is 45.6 Å². The number of hydrogen-bond acceptors (Lipinski definition) is 3. The summed E-state index contributed by atoms with van der Waals surface area (Å²) in [5.41, 5.74) is 0. The highest BCUT2D eigenvalue weighted by molar-refractivity contribution is 5.22. The van der Waals surface area contributed by atoms with Gasteiger partial charge in [0, 0.05) is 6.04 Å². The Morgan fingerprint density at radius 2 is 2.07 bits per heavy atom. The van der Waals surface area contributed by atoms with Crippen molar-refractivity contribution in [2.24, 2.45) is 5.92 Å². The van der Waals surface area contributed by atoms with Crippen LogP contribution in [-0.4, -0.2) is 11.0 Å². The summed E-state index contributed by atoms with van der Waals surface area (Å²) in [6, 6.07) is 1.24. The molecule has 0 radical (unpaired) electrons. The first-order valence-corrected chi connectivity index (χ1v) is 5.43. The standard InChI is InChI=1S/C11H18N2O/c1-8-3-5-10(6-4-8)13-11-12-7-9(2)14-11/h7-8,10H,3-6H2,1-2H3,(H,12,13). The highest BCUT2D eigenvalue weighted by Gasteiger charge is 2.18. The third-order valence-corrected chi connectivity index (χ3v) is 2.96. The first kappa shape index (κ1) is 9.56. The number of nitrogens with one attached hydrogen (secondary N) is 1. The Morgan fingerprint density at radius 1 is 1.36 bits per heavy atom. The predicted molar refractivity (Wildman–Crippen MR) is 56.3 cm³/mol. The zero-order valence-corrected chi connectivity index (χ0v) is 8.92.